The first-order chi connectivity index (χ1) is 16.4. The highest BCUT2D eigenvalue weighted by Gasteiger charge is 2.21. The largest absolute Gasteiger partial charge is 0.386 e. The first kappa shape index (κ1) is 21.4. The Balaban J connectivity index is 1.71. The molecule has 3 N–H and O–H groups in total. The van der Waals surface area contributed by atoms with Gasteiger partial charge in [0.05, 0.1) is 46.4 Å². The molecule has 1 aromatic carbocycles. The lowest BCUT2D eigenvalue weighted by Crippen LogP contribution is -2.12. The predicted molar refractivity (Wildman–Crippen MR) is 130 cm³/mol. The van der Waals surface area contributed by atoms with Crippen molar-refractivity contribution >= 4 is 22.6 Å². The summed E-state index contributed by atoms with van der Waals surface area (Å²) in [6.07, 6.45) is 9.26. The zero-order valence-electron chi connectivity index (χ0n) is 19.4. The van der Waals surface area contributed by atoms with Crippen LogP contribution in [0.15, 0.2) is 55.4 Å². The molecule has 0 fully saturated rings. The number of benzene rings is 1. The molecule has 0 atom stereocenters. The summed E-state index contributed by atoms with van der Waals surface area (Å²) in [4.78, 5) is 20.9. The topological polar surface area (TPSA) is 121 Å². The summed E-state index contributed by atoms with van der Waals surface area (Å²) in [6.45, 7) is 4.21. The second-order valence-electron chi connectivity index (χ2n) is 8.40. The van der Waals surface area contributed by atoms with Crippen molar-refractivity contribution < 1.29 is 4.79 Å². The Labute approximate surface area is 196 Å². The van der Waals surface area contributed by atoms with Gasteiger partial charge in [-0.2, -0.15) is 10.2 Å². The monoisotopic (exact) mass is 455 g/mol. The molecule has 0 radical (unpaired) electrons. The summed E-state index contributed by atoms with van der Waals surface area (Å²) in [5, 5.41) is 13.3. The first-order valence-corrected chi connectivity index (χ1v) is 10.9. The maximum absolute atomic E-state index is 11.7. The quantitative estimate of drug-likeness (QED) is 0.405. The maximum atomic E-state index is 11.7. The minimum Gasteiger partial charge on any atom is -0.386 e. The third kappa shape index (κ3) is 3.49. The average molecular weight is 456 g/mol. The molecule has 0 aliphatic heterocycles. The summed E-state index contributed by atoms with van der Waals surface area (Å²) >= 11 is 0. The van der Waals surface area contributed by atoms with Crippen molar-refractivity contribution in [3.63, 3.8) is 0 Å². The highest BCUT2D eigenvalue weighted by molar-refractivity contribution is 5.95. The molecule has 5 rings (SSSR count). The number of fused-ring (bicyclic) bond motifs is 1. The molecule has 34 heavy (non-hydrogen) atoms. The van der Waals surface area contributed by atoms with Gasteiger partial charge in [-0.25, -0.2) is 14.6 Å². The van der Waals surface area contributed by atoms with Gasteiger partial charge in [0.25, 0.3) is 0 Å². The van der Waals surface area contributed by atoms with Crippen LogP contribution in [0.2, 0.25) is 0 Å². The fraction of sp³-hybridized carbons (Fsp3) is 0.208. The van der Waals surface area contributed by atoms with Gasteiger partial charge in [0.15, 0.2) is 5.65 Å². The van der Waals surface area contributed by atoms with Gasteiger partial charge >= 0.3 is 0 Å². The molecule has 1 amide bonds. The average Bonchev–Trinajstić information content (AvgIpc) is 3.56. The van der Waals surface area contributed by atoms with Gasteiger partial charge in [-0.05, 0) is 30.2 Å². The molecular weight excluding hydrogens is 430 g/mol. The number of rotatable bonds is 6. The Morgan fingerprint density at radius 2 is 1.94 bits per heavy atom. The van der Waals surface area contributed by atoms with Gasteiger partial charge in [-0.15, -0.1) is 0 Å². The highest BCUT2D eigenvalue weighted by atomic mass is 16.1. The number of pyridine rings is 1. The highest BCUT2D eigenvalue weighted by Crippen LogP contribution is 2.33. The van der Waals surface area contributed by atoms with E-state index in [1.807, 2.05) is 40.8 Å². The molecule has 0 saturated carbocycles. The van der Waals surface area contributed by atoms with Crippen molar-refractivity contribution in [1.82, 2.24) is 34.1 Å². The Morgan fingerprint density at radius 3 is 2.62 bits per heavy atom. The summed E-state index contributed by atoms with van der Waals surface area (Å²) in [7, 11) is 3.68. The Bertz CT molecular complexity index is 1520. The number of nitrogens with two attached hydrogens (primary N) is 1. The molecule has 4 heterocycles. The lowest BCUT2D eigenvalue weighted by molar-refractivity contribution is 0.100. The van der Waals surface area contributed by atoms with E-state index in [1.165, 1.54) is 0 Å². The molecule has 5 aromatic rings. The van der Waals surface area contributed by atoms with Crippen LogP contribution in [0.1, 0.15) is 35.8 Å². The number of amides is 1. The molecule has 0 aliphatic carbocycles. The third-order valence-corrected chi connectivity index (χ3v) is 5.76. The van der Waals surface area contributed by atoms with Crippen LogP contribution in [-0.4, -0.2) is 47.1 Å². The first-order valence-electron chi connectivity index (χ1n) is 10.9. The van der Waals surface area contributed by atoms with E-state index in [2.05, 4.69) is 34.2 Å². The number of aromatic nitrogens is 7. The molecule has 0 spiro atoms. The number of primary amides is 1. The van der Waals surface area contributed by atoms with E-state index in [0.29, 0.717) is 11.2 Å². The molecule has 10 heteroatoms. The van der Waals surface area contributed by atoms with E-state index in [1.54, 1.807) is 42.6 Å². The van der Waals surface area contributed by atoms with Crippen LogP contribution in [0.3, 0.4) is 0 Å². The van der Waals surface area contributed by atoms with E-state index in [-0.39, 0.29) is 5.92 Å². The molecule has 0 unspecified atom stereocenters. The van der Waals surface area contributed by atoms with E-state index in [4.69, 9.17) is 10.8 Å². The summed E-state index contributed by atoms with van der Waals surface area (Å²) < 4.78 is 5.55. The molecule has 172 valence electrons. The number of hydrogen-bond donors (Lipinski definition) is 2. The van der Waals surface area contributed by atoms with Gasteiger partial charge in [0, 0.05) is 43.8 Å². The van der Waals surface area contributed by atoms with Gasteiger partial charge < -0.3 is 15.6 Å². The number of carbonyl (C=O) groups excluding carboxylic acids is 1. The number of nitrogens with zero attached hydrogens (tertiary/aromatic N) is 7. The Morgan fingerprint density at radius 1 is 1.12 bits per heavy atom. The van der Waals surface area contributed by atoms with Crippen LogP contribution in [0.25, 0.3) is 33.7 Å². The van der Waals surface area contributed by atoms with Crippen molar-refractivity contribution in [3.8, 4) is 22.6 Å². The van der Waals surface area contributed by atoms with E-state index < -0.39 is 5.91 Å². The Kier molecular flexibility index (Phi) is 5.12. The van der Waals surface area contributed by atoms with Gasteiger partial charge in [-0.1, -0.05) is 13.8 Å². The van der Waals surface area contributed by atoms with E-state index in [9.17, 15) is 4.79 Å². The van der Waals surface area contributed by atoms with E-state index in [0.717, 1.165) is 39.4 Å². The molecule has 10 nitrogen and oxygen atoms in total. The van der Waals surface area contributed by atoms with Gasteiger partial charge in [0.2, 0.25) is 5.91 Å². The maximum Gasteiger partial charge on any atom is 0.248 e. The van der Waals surface area contributed by atoms with Crippen LogP contribution >= 0.6 is 0 Å². The molecule has 0 aliphatic rings. The molecule has 0 bridgehead atoms. The van der Waals surface area contributed by atoms with Gasteiger partial charge in [0.1, 0.15) is 0 Å². The normalized spacial score (nSPS) is 11.4. The van der Waals surface area contributed by atoms with Crippen LogP contribution in [0.4, 0.5) is 5.69 Å². The Hall–Kier alpha value is -4.47. The van der Waals surface area contributed by atoms with Crippen molar-refractivity contribution in [2.45, 2.75) is 19.8 Å². The fourth-order valence-corrected chi connectivity index (χ4v) is 4.07. The number of aryl methyl sites for hydroxylation is 1. The zero-order valence-corrected chi connectivity index (χ0v) is 19.4. The summed E-state index contributed by atoms with van der Waals surface area (Å²) in [5.41, 5.74) is 11.7. The standard InChI is InChI=1S/C24H25N9O/c1-14(2)22-21-20(32-12-18(28-13-32)16-10-29-31(4)11-16)7-8-27-24(21)33(30-22)19-6-5-15(23(25)34)9-17(19)26-3/h5-14,26H,1-4H3,(H2,25,34). The smallest absolute Gasteiger partial charge is 0.248 e. The zero-order chi connectivity index (χ0) is 24.0. The number of nitrogens with one attached hydrogen (secondary N) is 1. The lowest BCUT2D eigenvalue weighted by Gasteiger charge is -2.11. The minimum atomic E-state index is -0.485. The number of carbonyl (C=O) groups is 1. The van der Waals surface area contributed by atoms with Crippen LogP contribution in [0, 0.1) is 0 Å². The third-order valence-electron chi connectivity index (χ3n) is 5.76. The van der Waals surface area contributed by atoms with Crippen molar-refractivity contribution in [2.24, 2.45) is 12.8 Å². The van der Waals surface area contributed by atoms with Crippen LogP contribution in [-0.2, 0) is 7.05 Å². The minimum absolute atomic E-state index is 0.149. The second kappa shape index (κ2) is 8.14. The van der Waals surface area contributed by atoms with Crippen molar-refractivity contribution in [3.05, 3.63) is 66.6 Å². The number of anilines is 1. The SMILES string of the molecule is CNc1cc(C(N)=O)ccc1-n1nc(C(C)C)c2c(-n3cnc(-c4cnn(C)c4)c3)ccnc21. The summed E-state index contributed by atoms with van der Waals surface area (Å²) in [6, 6.07) is 7.21. The molecule has 4 aromatic heterocycles. The van der Waals surface area contributed by atoms with Gasteiger partial charge in [-0.3, -0.25) is 9.48 Å². The number of imidazole rings is 1. The lowest BCUT2D eigenvalue weighted by atomic mass is 10.1. The van der Waals surface area contributed by atoms with Crippen LogP contribution < -0.4 is 11.1 Å². The molecular formula is C24H25N9O. The van der Waals surface area contributed by atoms with Crippen LogP contribution in [0.5, 0.6) is 0 Å². The summed E-state index contributed by atoms with van der Waals surface area (Å²) in [5.74, 6) is -0.336. The second-order valence-corrected chi connectivity index (χ2v) is 8.40. The van der Waals surface area contributed by atoms with Crippen molar-refractivity contribution in [2.75, 3.05) is 12.4 Å². The fourth-order valence-electron chi connectivity index (χ4n) is 4.07. The predicted octanol–water partition coefficient (Wildman–Crippen LogP) is 3.27. The van der Waals surface area contributed by atoms with Crippen molar-refractivity contribution in [1.29, 1.82) is 0 Å². The van der Waals surface area contributed by atoms with E-state index >= 15 is 0 Å². The molecule has 0 saturated heterocycles. The number of hydrogen-bond acceptors (Lipinski definition) is 6.